The van der Waals surface area contributed by atoms with Gasteiger partial charge in [0.15, 0.2) is 0 Å². The number of para-hydroxylation sites is 1. The third kappa shape index (κ3) is 2.50. The topological polar surface area (TPSA) is 43.1 Å². The summed E-state index contributed by atoms with van der Waals surface area (Å²) in [7, 11) is 1.92. The molecule has 0 saturated carbocycles. The van der Waals surface area contributed by atoms with E-state index in [0.717, 1.165) is 36.2 Å². The smallest absolute Gasteiger partial charge is 0.243 e. The quantitative estimate of drug-likeness (QED) is 0.744. The molecule has 0 aliphatic carbocycles. The molecule has 0 N–H and O–H groups in total. The van der Waals surface area contributed by atoms with Gasteiger partial charge in [-0.25, -0.2) is 0 Å². The van der Waals surface area contributed by atoms with E-state index in [4.69, 9.17) is 0 Å². The number of aryl methyl sites for hydroxylation is 2. The molecule has 5 heteroatoms. The maximum absolute atomic E-state index is 13.0. The van der Waals surface area contributed by atoms with Crippen LogP contribution in [0.1, 0.15) is 30.1 Å². The van der Waals surface area contributed by atoms with E-state index in [2.05, 4.69) is 34.8 Å². The van der Waals surface area contributed by atoms with Crippen molar-refractivity contribution in [2.45, 2.75) is 32.4 Å². The molecule has 3 heterocycles. The highest BCUT2D eigenvalue weighted by atomic mass is 16.2. The molecule has 1 amide bonds. The van der Waals surface area contributed by atoms with Crippen molar-refractivity contribution in [1.29, 1.82) is 0 Å². The zero-order valence-corrected chi connectivity index (χ0v) is 14.1. The first kappa shape index (κ1) is 15.0. The molecular weight excluding hydrogens is 300 g/mol. The van der Waals surface area contributed by atoms with Crippen molar-refractivity contribution in [2.24, 2.45) is 7.05 Å². The van der Waals surface area contributed by atoms with Gasteiger partial charge >= 0.3 is 0 Å². The number of nitrogens with zero attached hydrogens (tertiary/aromatic N) is 4. The molecule has 1 unspecified atom stereocenters. The Kier molecular flexibility index (Phi) is 3.63. The molecule has 1 aromatic carbocycles. The largest absolute Gasteiger partial charge is 0.335 e. The van der Waals surface area contributed by atoms with Gasteiger partial charge in [-0.3, -0.25) is 9.48 Å². The molecule has 24 heavy (non-hydrogen) atoms. The van der Waals surface area contributed by atoms with Crippen LogP contribution >= 0.6 is 0 Å². The van der Waals surface area contributed by atoms with E-state index in [1.807, 2.05) is 36.5 Å². The van der Waals surface area contributed by atoms with Gasteiger partial charge < -0.3 is 9.47 Å². The number of rotatable bonds is 3. The highest BCUT2D eigenvalue weighted by molar-refractivity contribution is 5.84. The van der Waals surface area contributed by atoms with Crippen molar-refractivity contribution in [3.05, 3.63) is 54.0 Å². The Morgan fingerprint density at radius 1 is 1.33 bits per heavy atom. The van der Waals surface area contributed by atoms with Crippen LogP contribution in [0.3, 0.4) is 0 Å². The summed E-state index contributed by atoms with van der Waals surface area (Å²) in [5.74, 6) is 0.186. The fraction of sp³-hybridized carbons (Fsp3) is 0.368. The van der Waals surface area contributed by atoms with Crippen molar-refractivity contribution in [3.8, 4) is 0 Å². The normalized spacial score (nSPS) is 17.8. The van der Waals surface area contributed by atoms with Gasteiger partial charge in [0.25, 0.3) is 0 Å². The van der Waals surface area contributed by atoms with Crippen LogP contribution < -0.4 is 0 Å². The molecule has 3 aromatic rings. The second-order valence-corrected chi connectivity index (χ2v) is 6.62. The van der Waals surface area contributed by atoms with Gasteiger partial charge in [0.1, 0.15) is 6.54 Å². The first-order valence-corrected chi connectivity index (χ1v) is 8.46. The van der Waals surface area contributed by atoms with Gasteiger partial charge in [0.05, 0.1) is 12.2 Å². The summed E-state index contributed by atoms with van der Waals surface area (Å²) in [6, 6.07) is 10.5. The summed E-state index contributed by atoms with van der Waals surface area (Å²) >= 11 is 0. The van der Waals surface area contributed by atoms with Crippen molar-refractivity contribution < 1.29 is 4.79 Å². The van der Waals surface area contributed by atoms with E-state index in [9.17, 15) is 4.79 Å². The summed E-state index contributed by atoms with van der Waals surface area (Å²) < 4.78 is 3.93. The number of fused-ring (bicyclic) bond motifs is 1. The molecule has 4 rings (SSSR count). The molecule has 1 fully saturated rings. The first-order valence-electron chi connectivity index (χ1n) is 8.46. The van der Waals surface area contributed by atoms with Gasteiger partial charge in [-0.15, -0.1) is 0 Å². The lowest BCUT2D eigenvalue weighted by Gasteiger charge is -2.24. The Morgan fingerprint density at radius 2 is 2.17 bits per heavy atom. The van der Waals surface area contributed by atoms with Crippen LogP contribution in [0.15, 0.2) is 42.7 Å². The van der Waals surface area contributed by atoms with Gasteiger partial charge in [-0.05, 0) is 37.3 Å². The molecule has 2 aromatic heterocycles. The van der Waals surface area contributed by atoms with Crippen molar-refractivity contribution in [2.75, 3.05) is 6.54 Å². The third-order valence-corrected chi connectivity index (χ3v) is 4.99. The number of benzene rings is 1. The lowest BCUT2D eigenvalue weighted by Crippen LogP contribution is -2.33. The Labute approximate surface area is 141 Å². The lowest BCUT2D eigenvalue weighted by molar-refractivity contribution is -0.132. The number of likely N-dealkylation sites (tertiary alicyclic amines) is 1. The Morgan fingerprint density at radius 3 is 2.96 bits per heavy atom. The molecule has 1 aliphatic heterocycles. The van der Waals surface area contributed by atoms with Gasteiger partial charge in [0, 0.05) is 36.6 Å². The predicted molar refractivity (Wildman–Crippen MR) is 93.6 cm³/mol. The van der Waals surface area contributed by atoms with Crippen LogP contribution in [0.4, 0.5) is 0 Å². The fourth-order valence-electron chi connectivity index (χ4n) is 3.81. The van der Waals surface area contributed by atoms with Gasteiger partial charge in [-0.2, -0.15) is 5.10 Å². The minimum Gasteiger partial charge on any atom is -0.335 e. The summed E-state index contributed by atoms with van der Waals surface area (Å²) in [5, 5.41) is 5.45. The molecule has 0 spiro atoms. The van der Waals surface area contributed by atoms with Crippen LogP contribution in [-0.4, -0.2) is 31.7 Å². The zero-order valence-electron chi connectivity index (χ0n) is 14.1. The van der Waals surface area contributed by atoms with Crippen LogP contribution in [0.2, 0.25) is 0 Å². The van der Waals surface area contributed by atoms with E-state index in [-0.39, 0.29) is 11.9 Å². The third-order valence-electron chi connectivity index (χ3n) is 4.99. The second-order valence-electron chi connectivity index (χ2n) is 6.62. The first-order chi connectivity index (χ1) is 11.6. The van der Waals surface area contributed by atoms with Crippen LogP contribution in [-0.2, 0) is 18.4 Å². The molecule has 0 bridgehead atoms. The highest BCUT2D eigenvalue weighted by Crippen LogP contribution is 2.32. The van der Waals surface area contributed by atoms with Crippen molar-refractivity contribution >= 4 is 16.8 Å². The fourth-order valence-corrected chi connectivity index (χ4v) is 3.81. The van der Waals surface area contributed by atoms with Crippen molar-refractivity contribution in [3.63, 3.8) is 0 Å². The average molecular weight is 322 g/mol. The number of carbonyl (C=O) groups is 1. The molecule has 5 nitrogen and oxygen atoms in total. The summed E-state index contributed by atoms with van der Waals surface area (Å²) in [6.45, 7) is 3.29. The summed E-state index contributed by atoms with van der Waals surface area (Å²) in [4.78, 5) is 15.0. The summed E-state index contributed by atoms with van der Waals surface area (Å²) in [5.41, 5.74) is 3.39. The van der Waals surface area contributed by atoms with E-state index in [0.29, 0.717) is 6.54 Å². The SMILES string of the molecule is Cc1cc2ccccc2n1CC(=O)N1CCCC1c1cnn(C)c1. The lowest BCUT2D eigenvalue weighted by atomic mass is 10.1. The number of hydrogen-bond acceptors (Lipinski definition) is 2. The monoisotopic (exact) mass is 322 g/mol. The van der Waals surface area contributed by atoms with E-state index in [1.165, 1.54) is 5.39 Å². The zero-order chi connectivity index (χ0) is 16.7. The second kappa shape index (κ2) is 5.82. The van der Waals surface area contributed by atoms with E-state index >= 15 is 0 Å². The van der Waals surface area contributed by atoms with Crippen LogP contribution in [0, 0.1) is 6.92 Å². The number of carbonyl (C=O) groups excluding carboxylic acids is 1. The predicted octanol–water partition coefficient (Wildman–Crippen LogP) is 3.05. The molecule has 1 atom stereocenters. The molecule has 1 aliphatic rings. The standard InChI is InChI=1S/C19H22N4O/c1-14-10-15-6-3-4-7-17(15)23(14)13-19(24)22-9-5-8-18(22)16-11-20-21(2)12-16/h3-4,6-7,10-12,18H,5,8-9,13H2,1-2H3. The number of hydrogen-bond donors (Lipinski definition) is 0. The Balaban J connectivity index is 1.60. The van der Waals surface area contributed by atoms with Gasteiger partial charge in [-0.1, -0.05) is 18.2 Å². The van der Waals surface area contributed by atoms with E-state index in [1.54, 1.807) is 4.68 Å². The van der Waals surface area contributed by atoms with Gasteiger partial charge in [0.2, 0.25) is 5.91 Å². The van der Waals surface area contributed by atoms with Crippen LogP contribution in [0.25, 0.3) is 10.9 Å². The molecule has 0 radical (unpaired) electrons. The van der Waals surface area contributed by atoms with Crippen LogP contribution in [0.5, 0.6) is 0 Å². The molecular formula is C19H22N4O. The average Bonchev–Trinajstić information content (AvgIpc) is 3.27. The number of aromatic nitrogens is 3. The maximum Gasteiger partial charge on any atom is 0.243 e. The highest BCUT2D eigenvalue weighted by Gasteiger charge is 2.31. The Hall–Kier alpha value is -2.56. The van der Waals surface area contributed by atoms with E-state index < -0.39 is 0 Å². The molecule has 1 saturated heterocycles. The minimum atomic E-state index is 0.160. The number of amides is 1. The summed E-state index contributed by atoms with van der Waals surface area (Å²) in [6.07, 6.45) is 5.97. The Bertz CT molecular complexity index is 892. The van der Waals surface area contributed by atoms with Crippen molar-refractivity contribution in [1.82, 2.24) is 19.2 Å². The minimum absolute atomic E-state index is 0.160. The molecule has 124 valence electrons. The maximum atomic E-state index is 13.0.